The molecule has 2 rings (SSSR count). The molecule has 0 aliphatic rings. The Morgan fingerprint density at radius 3 is 2.07 bits per heavy atom. The highest BCUT2D eigenvalue weighted by atomic mass is 16.6. The number of amides is 2. The fourth-order valence-corrected chi connectivity index (χ4v) is 2.90. The van der Waals surface area contributed by atoms with E-state index >= 15 is 0 Å². The molecule has 0 aromatic heterocycles. The number of nitrogens with one attached hydrogen (secondary N) is 3. The number of hydrogen-bond acceptors (Lipinski definition) is 4. The number of carbonyl (C=O) groups excluding carboxylic acids is 2. The zero-order valence-electron chi connectivity index (χ0n) is 16.5. The van der Waals surface area contributed by atoms with E-state index in [4.69, 9.17) is 0 Å². The number of carbonyl (C=O) groups is 2. The van der Waals surface area contributed by atoms with Crippen molar-refractivity contribution in [3.63, 3.8) is 0 Å². The fourth-order valence-electron chi connectivity index (χ4n) is 2.90. The molecule has 0 aliphatic heterocycles. The summed E-state index contributed by atoms with van der Waals surface area (Å²) in [6.07, 6.45) is 0. The lowest BCUT2D eigenvalue weighted by atomic mass is 10.1. The lowest BCUT2D eigenvalue weighted by Gasteiger charge is -2.16. The molecule has 148 valence electrons. The van der Waals surface area contributed by atoms with Gasteiger partial charge in [-0.15, -0.1) is 0 Å². The molecule has 1 atom stereocenters. The Balaban J connectivity index is 1.90. The summed E-state index contributed by atoms with van der Waals surface area (Å²) in [6, 6.07) is 10.1. The van der Waals surface area contributed by atoms with Crippen molar-refractivity contribution in [2.45, 2.75) is 20.8 Å². The summed E-state index contributed by atoms with van der Waals surface area (Å²) in [6.45, 7) is 5.78. The summed E-state index contributed by atoms with van der Waals surface area (Å²) in [5.74, 6) is -0.441. The summed E-state index contributed by atoms with van der Waals surface area (Å²) in [7, 11) is 1.76. The molecule has 2 aromatic rings. The van der Waals surface area contributed by atoms with E-state index in [0.717, 1.165) is 21.7 Å². The van der Waals surface area contributed by atoms with Crippen LogP contribution in [-0.2, 0) is 9.59 Å². The second-order valence-corrected chi connectivity index (χ2v) is 6.93. The molecule has 0 fully saturated rings. The third kappa shape index (κ3) is 5.62. The topological polar surface area (TPSA) is 106 Å². The van der Waals surface area contributed by atoms with E-state index in [9.17, 15) is 19.7 Å². The first kappa shape index (κ1) is 21.0. The fraction of sp³-hybridized carbons (Fsp3) is 0.300. The molecule has 0 radical (unpaired) electrons. The van der Waals surface area contributed by atoms with Crippen LogP contribution in [-0.4, -0.2) is 36.9 Å². The zero-order chi connectivity index (χ0) is 20.8. The number of rotatable bonds is 7. The van der Waals surface area contributed by atoms with Crippen molar-refractivity contribution in [1.82, 2.24) is 0 Å². The Kier molecular flexibility index (Phi) is 6.84. The van der Waals surface area contributed by atoms with Gasteiger partial charge in [0.1, 0.15) is 0 Å². The van der Waals surface area contributed by atoms with Gasteiger partial charge < -0.3 is 15.5 Å². The van der Waals surface area contributed by atoms with Gasteiger partial charge >= 0.3 is 0 Å². The molecule has 2 aromatic carbocycles. The van der Waals surface area contributed by atoms with E-state index in [2.05, 4.69) is 10.6 Å². The van der Waals surface area contributed by atoms with Crippen LogP contribution in [0.4, 0.5) is 17.1 Å². The molecule has 3 N–H and O–H groups in total. The third-order valence-corrected chi connectivity index (χ3v) is 4.37. The number of nitrogens with zero attached hydrogens (tertiary/aromatic N) is 1. The van der Waals surface area contributed by atoms with Crippen molar-refractivity contribution >= 4 is 28.9 Å². The Morgan fingerprint density at radius 1 is 0.964 bits per heavy atom. The van der Waals surface area contributed by atoms with Gasteiger partial charge in [0.05, 0.1) is 12.0 Å². The highest BCUT2D eigenvalue weighted by Crippen LogP contribution is 2.21. The number of hydrogen-bond donors (Lipinski definition) is 3. The van der Waals surface area contributed by atoms with Gasteiger partial charge in [-0.05, 0) is 43.5 Å². The maximum atomic E-state index is 12.3. The van der Waals surface area contributed by atoms with E-state index in [-0.39, 0.29) is 30.6 Å². The number of quaternary nitrogens is 1. The van der Waals surface area contributed by atoms with Gasteiger partial charge in [-0.2, -0.15) is 0 Å². The number of aryl methyl sites for hydroxylation is 3. The number of non-ortho nitro benzene ring substituents is 1. The molecule has 8 heteroatoms. The minimum absolute atomic E-state index is 0.0265. The first-order chi connectivity index (χ1) is 13.2. The second kappa shape index (κ2) is 9.09. The minimum Gasteiger partial charge on any atom is -0.322 e. The SMILES string of the molecule is Cc1cc([N+](=O)[O-])ccc1NC(=O)C[NH+](C)CC(=O)Nc1c(C)cccc1C. The average Bonchev–Trinajstić information content (AvgIpc) is 2.59. The number of anilines is 2. The molecule has 2 amide bonds. The number of likely N-dealkylation sites (N-methyl/N-ethyl adjacent to an activating group) is 1. The third-order valence-electron chi connectivity index (χ3n) is 4.37. The van der Waals surface area contributed by atoms with Crippen molar-refractivity contribution in [3.05, 3.63) is 63.2 Å². The van der Waals surface area contributed by atoms with Crippen LogP contribution in [0, 0.1) is 30.9 Å². The molecule has 0 spiro atoms. The van der Waals surface area contributed by atoms with Crippen molar-refractivity contribution in [3.8, 4) is 0 Å². The van der Waals surface area contributed by atoms with E-state index in [1.807, 2.05) is 32.0 Å². The number of nitro benzene ring substituents is 1. The lowest BCUT2D eigenvalue weighted by molar-refractivity contribution is -0.862. The molecule has 1 unspecified atom stereocenters. The van der Waals surface area contributed by atoms with Crippen molar-refractivity contribution in [2.75, 3.05) is 30.8 Å². The molecule has 0 bridgehead atoms. The van der Waals surface area contributed by atoms with Crippen LogP contribution in [0.5, 0.6) is 0 Å². The molecule has 8 nitrogen and oxygen atoms in total. The van der Waals surface area contributed by atoms with Gasteiger partial charge in [0.15, 0.2) is 13.1 Å². The molecule has 0 saturated carbocycles. The summed E-state index contributed by atoms with van der Waals surface area (Å²) >= 11 is 0. The van der Waals surface area contributed by atoms with E-state index in [1.54, 1.807) is 14.0 Å². The smallest absolute Gasteiger partial charge is 0.279 e. The molecular weight excluding hydrogens is 360 g/mol. The van der Waals surface area contributed by atoms with Gasteiger partial charge in [-0.1, -0.05) is 18.2 Å². The van der Waals surface area contributed by atoms with Crippen molar-refractivity contribution in [1.29, 1.82) is 0 Å². The lowest BCUT2D eigenvalue weighted by Crippen LogP contribution is -3.11. The molecule has 0 saturated heterocycles. The highest BCUT2D eigenvalue weighted by molar-refractivity contribution is 5.94. The normalized spacial score (nSPS) is 11.6. The Labute approximate surface area is 163 Å². The first-order valence-corrected chi connectivity index (χ1v) is 8.89. The van der Waals surface area contributed by atoms with Crippen LogP contribution in [0.15, 0.2) is 36.4 Å². The predicted octanol–water partition coefficient (Wildman–Crippen LogP) is 1.61. The summed E-state index contributed by atoms with van der Waals surface area (Å²) in [5.41, 5.74) is 3.86. The standard InChI is InChI=1S/C20H24N4O4/c1-13-6-5-7-14(2)20(13)22-19(26)12-23(4)11-18(25)21-17-9-8-16(24(27)28)10-15(17)3/h5-10H,11-12H2,1-4H3,(H,21,25)(H,22,26)/p+1. The van der Waals surface area contributed by atoms with Gasteiger partial charge in [0.25, 0.3) is 17.5 Å². The van der Waals surface area contributed by atoms with Gasteiger partial charge in [0.2, 0.25) is 0 Å². The van der Waals surface area contributed by atoms with Gasteiger partial charge in [-0.3, -0.25) is 19.7 Å². The second-order valence-electron chi connectivity index (χ2n) is 6.93. The van der Waals surface area contributed by atoms with Crippen molar-refractivity contribution < 1.29 is 19.4 Å². The van der Waals surface area contributed by atoms with Crippen LogP contribution in [0.25, 0.3) is 0 Å². The molecule has 0 heterocycles. The van der Waals surface area contributed by atoms with Crippen LogP contribution in [0.3, 0.4) is 0 Å². The Morgan fingerprint density at radius 2 is 1.54 bits per heavy atom. The Bertz CT molecular complexity index is 891. The zero-order valence-corrected chi connectivity index (χ0v) is 16.5. The predicted molar refractivity (Wildman–Crippen MR) is 108 cm³/mol. The van der Waals surface area contributed by atoms with Crippen LogP contribution in [0.1, 0.15) is 16.7 Å². The van der Waals surface area contributed by atoms with Crippen LogP contribution < -0.4 is 15.5 Å². The average molecular weight is 385 g/mol. The maximum Gasteiger partial charge on any atom is 0.279 e. The minimum atomic E-state index is -0.481. The summed E-state index contributed by atoms with van der Waals surface area (Å²) < 4.78 is 0. The quantitative estimate of drug-likeness (QED) is 0.497. The molecule has 28 heavy (non-hydrogen) atoms. The summed E-state index contributed by atoms with van der Waals surface area (Å²) in [4.78, 5) is 35.6. The molecular formula is C20H25N4O4+. The summed E-state index contributed by atoms with van der Waals surface area (Å²) in [5, 5.41) is 16.4. The van der Waals surface area contributed by atoms with Crippen molar-refractivity contribution in [2.24, 2.45) is 0 Å². The number of nitro groups is 1. The number of benzene rings is 2. The first-order valence-electron chi connectivity index (χ1n) is 8.89. The number of para-hydroxylation sites is 1. The van der Waals surface area contributed by atoms with Crippen LogP contribution in [0.2, 0.25) is 0 Å². The van der Waals surface area contributed by atoms with E-state index in [1.165, 1.54) is 18.2 Å². The van der Waals surface area contributed by atoms with E-state index < -0.39 is 4.92 Å². The molecule has 0 aliphatic carbocycles. The Hall–Kier alpha value is -3.26. The largest absolute Gasteiger partial charge is 0.322 e. The monoisotopic (exact) mass is 385 g/mol. The van der Waals surface area contributed by atoms with E-state index in [0.29, 0.717) is 11.3 Å². The maximum absolute atomic E-state index is 12.3. The highest BCUT2D eigenvalue weighted by Gasteiger charge is 2.17. The van der Waals surface area contributed by atoms with Gasteiger partial charge in [0, 0.05) is 23.5 Å². The van der Waals surface area contributed by atoms with Gasteiger partial charge in [-0.25, -0.2) is 0 Å². The van der Waals surface area contributed by atoms with Crippen LogP contribution >= 0.6 is 0 Å².